The minimum atomic E-state index is -4.08. The lowest BCUT2D eigenvalue weighted by Gasteiger charge is -2.12. The summed E-state index contributed by atoms with van der Waals surface area (Å²) >= 11 is 6.16. The van der Waals surface area contributed by atoms with Gasteiger partial charge in [-0.3, -0.25) is 14.2 Å². The number of carbonyl (C=O) groups excluding carboxylic acids is 1. The molecule has 8 nitrogen and oxygen atoms in total. The van der Waals surface area contributed by atoms with E-state index < -0.39 is 26.0 Å². The normalized spacial score (nSPS) is 11.6. The van der Waals surface area contributed by atoms with Crippen LogP contribution in [0.4, 0.5) is 17.1 Å². The Morgan fingerprint density at radius 3 is 2.11 bits per heavy atom. The van der Waals surface area contributed by atoms with Gasteiger partial charge in [0, 0.05) is 16.9 Å². The van der Waals surface area contributed by atoms with E-state index in [9.17, 15) is 21.6 Å². The molecule has 1 amide bonds. The average Bonchev–Trinajstić information content (AvgIpc) is 2.85. The fraction of sp³-hybridized carbons (Fsp3) is 0.0741. The summed E-state index contributed by atoms with van der Waals surface area (Å²) in [4.78, 5) is 12.6. The topological polar surface area (TPSA) is 121 Å². The first kappa shape index (κ1) is 27.2. The summed E-state index contributed by atoms with van der Waals surface area (Å²) in [5.74, 6) is -0.595. The third kappa shape index (κ3) is 6.34. The number of amides is 1. The van der Waals surface area contributed by atoms with Crippen molar-refractivity contribution in [3.63, 3.8) is 0 Å². The molecule has 4 rings (SSSR count). The number of carbonyl (C=O) groups is 1. The fourth-order valence-corrected chi connectivity index (χ4v) is 6.29. The van der Waals surface area contributed by atoms with Crippen molar-refractivity contribution in [2.75, 3.05) is 14.8 Å². The van der Waals surface area contributed by atoms with Crippen LogP contribution in [0.3, 0.4) is 0 Å². The molecule has 4 aromatic carbocycles. The molecule has 0 aliphatic carbocycles. The van der Waals surface area contributed by atoms with Crippen LogP contribution >= 0.6 is 11.6 Å². The van der Waals surface area contributed by atoms with Gasteiger partial charge in [0.2, 0.25) is 0 Å². The van der Waals surface area contributed by atoms with Gasteiger partial charge in [-0.15, -0.1) is 0 Å². The number of para-hydroxylation sites is 1. The van der Waals surface area contributed by atoms with E-state index in [0.717, 1.165) is 11.1 Å². The Balaban J connectivity index is 1.50. The van der Waals surface area contributed by atoms with E-state index in [1.807, 2.05) is 19.1 Å². The van der Waals surface area contributed by atoms with Gasteiger partial charge in [0.05, 0.1) is 15.6 Å². The van der Waals surface area contributed by atoms with Gasteiger partial charge in [-0.25, -0.2) is 16.8 Å². The Morgan fingerprint density at radius 2 is 1.42 bits per heavy atom. The smallest absolute Gasteiger partial charge is 0.263 e. The largest absolute Gasteiger partial charge is 0.322 e. The Hall–Kier alpha value is -3.86. The maximum Gasteiger partial charge on any atom is 0.263 e. The van der Waals surface area contributed by atoms with Gasteiger partial charge in [-0.2, -0.15) is 0 Å². The molecule has 0 saturated heterocycles. The van der Waals surface area contributed by atoms with Gasteiger partial charge in [-0.1, -0.05) is 41.9 Å². The highest BCUT2D eigenvalue weighted by atomic mass is 35.5. The lowest BCUT2D eigenvalue weighted by molar-refractivity contribution is 0.102. The van der Waals surface area contributed by atoms with Crippen LogP contribution in [0, 0.1) is 13.8 Å². The van der Waals surface area contributed by atoms with Crippen LogP contribution < -0.4 is 14.8 Å². The van der Waals surface area contributed by atoms with Gasteiger partial charge >= 0.3 is 0 Å². The number of sulfonamides is 2. The minimum Gasteiger partial charge on any atom is -0.322 e. The summed E-state index contributed by atoms with van der Waals surface area (Å²) in [5.41, 5.74) is 2.85. The van der Waals surface area contributed by atoms with E-state index in [4.69, 9.17) is 11.6 Å². The van der Waals surface area contributed by atoms with Crippen molar-refractivity contribution in [3.8, 4) is 0 Å². The number of aryl methyl sites for hydroxylation is 2. The number of halogens is 1. The molecule has 0 saturated carbocycles. The zero-order valence-corrected chi connectivity index (χ0v) is 22.8. The highest BCUT2D eigenvalue weighted by Gasteiger charge is 2.21. The van der Waals surface area contributed by atoms with Crippen molar-refractivity contribution in [2.45, 2.75) is 23.6 Å². The van der Waals surface area contributed by atoms with Gasteiger partial charge < -0.3 is 5.32 Å². The quantitative estimate of drug-likeness (QED) is 0.247. The van der Waals surface area contributed by atoms with Gasteiger partial charge in [0.1, 0.15) is 4.90 Å². The van der Waals surface area contributed by atoms with Crippen LogP contribution in [-0.4, -0.2) is 22.7 Å². The Kier molecular flexibility index (Phi) is 7.77. The second kappa shape index (κ2) is 10.9. The molecule has 0 heterocycles. The van der Waals surface area contributed by atoms with Crippen LogP contribution in [0.2, 0.25) is 5.02 Å². The first-order chi connectivity index (χ1) is 17.9. The van der Waals surface area contributed by atoms with E-state index in [0.29, 0.717) is 17.1 Å². The van der Waals surface area contributed by atoms with Crippen LogP contribution in [0.25, 0.3) is 0 Å². The lowest BCUT2D eigenvalue weighted by Crippen LogP contribution is -2.17. The van der Waals surface area contributed by atoms with Crippen molar-refractivity contribution >= 4 is 54.6 Å². The minimum absolute atomic E-state index is 0.0147. The van der Waals surface area contributed by atoms with Gasteiger partial charge in [0.25, 0.3) is 26.0 Å². The second-order valence-electron chi connectivity index (χ2n) is 8.52. The Bertz CT molecular complexity index is 1720. The Morgan fingerprint density at radius 1 is 0.711 bits per heavy atom. The summed E-state index contributed by atoms with van der Waals surface area (Å²) in [7, 11) is -7.92. The van der Waals surface area contributed by atoms with Crippen LogP contribution in [0.15, 0.2) is 101 Å². The molecule has 11 heteroatoms. The maximum atomic E-state index is 13.0. The molecular weight excluding hydrogens is 546 g/mol. The summed E-state index contributed by atoms with van der Waals surface area (Å²) < 4.78 is 56.4. The van der Waals surface area contributed by atoms with E-state index in [-0.39, 0.29) is 20.4 Å². The molecule has 4 aromatic rings. The third-order valence-electron chi connectivity index (χ3n) is 5.57. The number of rotatable bonds is 8. The predicted octanol–water partition coefficient (Wildman–Crippen LogP) is 5.81. The maximum absolute atomic E-state index is 13.0. The average molecular weight is 570 g/mol. The molecule has 38 heavy (non-hydrogen) atoms. The standard InChI is InChI=1S/C27H24ClN3O5S2/c1-18-6-5-8-22(16-18)30-38(35,36)26-17-20(10-15-24(26)28)27(32)29-21-11-13-23(14-12-21)37(33,34)31-25-9-4-3-7-19(25)2/h3-17,30-31H,1-2H3,(H,29,32). The van der Waals surface area contributed by atoms with E-state index in [1.165, 1.54) is 42.5 Å². The predicted molar refractivity (Wildman–Crippen MR) is 150 cm³/mol. The van der Waals surface area contributed by atoms with Crippen LogP contribution in [-0.2, 0) is 20.0 Å². The van der Waals surface area contributed by atoms with Crippen molar-refractivity contribution in [1.82, 2.24) is 0 Å². The first-order valence-corrected chi connectivity index (χ1v) is 14.7. The zero-order chi connectivity index (χ0) is 27.5. The van der Waals surface area contributed by atoms with Crippen molar-refractivity contribution in [3.05, 3.63) is 113 Å². The number of nitrogens with one attached hydrogen (secondary N) is 3. The van der Waals surface area contributed by atoms with E-state index >= 15 is 0 Å². The molecule has 0 unspecified atom stereocenters. The van der Waals surface area contributed by atoms with E-state index in [2.05, 4.69) is 14.8 Å². The van der Waals surface area contributed by atoms with Gasteiger partial charge in [0.15, 0.2) is 0 Å². The van der Waals surface area contributed by atoms with Crippen LogP contribution in [0.1, 0.15) is 21.5 Å². The molecule has 0 aromatic heterocycles. The molecule has 0 bridgehead atoms. The third-order valence-corrected chi connectivity index (χ3v) is 8.81. The van der Waals surface area contributed by atoms with Gasteiger partial charge in [-0.05, 0) is 85.6 Å². The number of anilines is 3. The molecule has 0 spiro atoms. The molecular formula is C27H24ClN3O5S2. The molecule has 196 valence electrons. The molecule has 0 fully saturated rings. The lowest BCUT2D eigenvalue weighted by atomic mass is 10.2. The van der Waals surface area contributed by atoms with Crippen LogP contribution in [0.5, 0.6) is 0 Å². The number of hydrogen-bond donors (Lipinski definition) is 3. The molecule has 0 radical (unpaired) electrons. The fourth-order valence-electron chi connectivity index (χ4n) is 3.58. The highest BCUT2D eigenvalue weighted by Crippen LogP contribution is 2.26. The summed E-state index contributed by atoms with van der Waals surface area (Å²) in [6.07, 6.45) is 0. The second-order valence-corrected chi connectivity index (χ2v) is 12.3. The van der Waals surface area contributed by atoms with Crippen molar-refractivity contribution in [2.24, 2.45) is 0 Å². The number of benzene rings is 4. The van der Waals surface area contributed by atoms with E-state index in [1.54, 1.807) is 43.3 Å². The summed E-state index contributed by atoms with van der Waals surface area (Å²) in [6, 6.07) is 23.3. The molecule has 0 atom stereocenters. The van der Waals surface area contributed by atoms with Crippen molar-refractivity contribution in [1.29, 1.82) is 0 Å². The highest BCUT2D eigenvalue weighted by molar-refractivity contribution is 7.93. The molecule has 3 N–H and O–H groups in total. The summed E-state index contributed by atoms with van der Waals surface area (Å²) in [6.45, 7) is 3.63. The number of hydrogen-bond acceptors (Lipinski definition) is 5. The van der Waals surface area contributed by atoms with Crippen molar-refractivity contribution < 1.29 is 21.6 Å². The first-order valence-electron chi connectivity index (χ1n) is 11.3. The monoisotopic (exact) mass is 569 g/mol. The zero-order valence-electron chi connectivity index (χ0n) is 20.4. The SMILES string of the molecule is Cc1cccc(NS(=O)(=O)c2cc(C(=O)Nc3ccc(S(=O)(=O)Nc4ccccc4C)cc3)ccc2Cl)c1. The Labute approximate surface area is 226 Å². The summed E-state index contributed by atoms with van der Waals surface area (Å²) in [5, 5.41) is 2.59. The molecule has 0 aliphatic rings. The molecule has 0 aliphatic heterocycles.